The third-order valence-corrected chi connectivity index (χ3v) is 5.83. The van der Waals surface area contributed by atoms with E-state index in [1.165, 1.54) is 66.7 Å². The highest BCUT2D eigenvalue weighted by atomic mass is 35.5. The smallest absolute Gasteiger partial charge is 0.261 e. The van der Waals surface area contributed by atoms with Crippen molar-refractivity contribution in [1.82, 2.24) is 0 Å². The molecule has 0 aliphatic rings. The Morgan fingerprint density at radius 3 is 2.23 bits per heavy atom. The lowest BCUT2D eigenvalue weighted by molar-refractivity contribution is -0.111. The van der Waals surface area contributed by atoms with Gasteiger partial charge in [-0.25, -0.2) is 12.8 Å². The van der Waals surface area contributed by atoms with Crippen LogP contribution in [0, 0.1) is 5.82 Å². The maximum absolute atomic E-state index is 12.9. The fraction of sp³-hybridized carbons (Fsp3) is 0. The van der Waals surface area contributed by atoms with Crippen molar-refractivity contribution in [1.29, 1.82) is 0 Å². The summed E-state index contributed by atoms with van der Waals surface area (Å²) in [6.07, 6.45) is 2.83. The number of anilines is 2. The lowest BCUT2D eigenvalue weighted by Crippen LogP contribution is -2.13. The van der Waals surface area contributed by atoms with Crippen molar-refractivity contribution >= 4 is 56.6 Å². The van der Waals surface area contributed by atoms with Crippen molar-refractivity contribution in [2.75, 3.05) is 10.0 Å². The molecular weight excluding hydrogens is 450 g/mol. The Labute approximate surface area is 183 Å². The highest BCUT2D eigenvalue weighted by molar-refractivity contribution is 7.92. The Balaban J connectivity index is 1.66. The van der Waals surface area contributed by atoms with Gasteiger partial charge in [-0.1, -0.05) is 35.3 Å². The first-order valence-corrected chi connectivity index (χ1v) is 10.8. The molecule has 30 heavy (non-hydrogen) atoms. The third kappa shape index (κ3) is 5.82. The van der Waals surface area contributed by atoms with Gasteiger partial charge in [0.05, 0.1) is 15.6 Å². The molecule has 2 N–H and O–H groups in total. The highest BCUT2D eigenvalue weighted by Gasteiger charge is 2.16. The Hall–Kier alpha value is -2.87. The molecule has 1 amide bonds. The van der Waals surface area contributed by atoms with Crippen LogP contribution in [0.4, 0.5) is 15.8 Å². The zero-order valence-electron chi connectivity index (χ0n) is 15.3. The molecule has 0 bridgehead atoms. The van der Waals surface area contributed by atoms with E-state index in [-0.39, 0.29) is 21.4 Å². The van der Waals surface area contributed by atoms with Gasteiger partial charge < -0.3 is 5.32 Å². The number of hydrogen-bond donors (Lipinski definition) is 2. The monoisotopic (exact) mass is 464 g/mol. The minimum absolute atomic E-state index is 0.00614. The zero-order chi connectivity index (χ0) is 21.7. The first-order chi connectivity index (χ1) is 14.2. The van der Waals surface area contributed by atoms with Gasteiger partial charge in [0.25, 0.3) is 10.0 Å². The molecular formula is C21H15Cl2FN2O3S. The number of benzene rings is 3. The Kier molecular flexibility index (Phi) is 6.77. The molecule has 0 heterocycles. The first-order valence-electron chi connectivity index (χ1n) is 8.55. The van der Waals surface area contributed by atoms with E-state index in [2.05, 4.69) is 10.0 Å². The van der Waals surface area contributed by atoms with Crippen LogP contribution in [0.15, 0.2) is 77.7 Å². The largest absolute Gasteiger partial charge is 0.323 e. The van der Waals surface area contributed by atoms with Gasteiger partial charge in [-0.2, -0.15) is 0 Å². The second kappa shape index (κ2) is 9.30. The molecule has 0 radical (unpaired) electrons. The van der Waals surface area contributed by atoms with Crippen molar-refractivity contribution in [2.45, 2.75) is 4.90 Å². The fourth-order valence-electron chi connectivity index (χ4n) is 2.42. The number of hydrogen-bond acceptors (Lipinski definition) is 3. The average Bonchev–Trinajstić information content (AvgIpc) is 2.70. The Morgan fingerprint density at radius 2 is 1.60 bits per heavy atom. The molecule has 0 aliphatic carbocycles. The quantitative estimate of drug-likeness (QED) is 0.467. The van der Waals surface area contributed by atoms with E-state index in [0.29, 0.717) is 16.3 Å². The topological polar surface area (TPSA) is 75.3 Å². The summed E-state index contributed by atoms with van der Waals surface area (Å²) in [6.45, 7) is 0. The van der Waals surface area contributed by atoms with E-state index in [9.17, 15) is 17.6 Å². The van der Waals surface area contributed by atoms with Crippen LogP contribution in [-0.4, -0.2) is 14.3 Å². The number of sulfonamides is 1. The maximum atomic E-state index is 12.9. The lowest BCUT2D eigenvalue weighted by Gasteiger charge is -2.10. The van der Waals surface area contributed by atoms with Crippen molar-refractivity contribution in [3.63, 3.8) is 0 Å². The number of amides is 1. The molecule has 9 heteroatoms. The summed E-state index contributed by atoms with van der Waals surface area (Å²) in [5.41, 5.74) is 1.27. The van der Waals surface area contributed by atoms with Crippen LogP contribution >= 0.6 is 23.2 Å². The second-order valence-electron chi connectivity index (χ2n) is 6.13. The van der Waals surface area contributed by atoms with Gasteiger partial charge in [0, 0.05) is 16.8 Å². The van der Waals surface area contributed by atoms with Gasteiger partial charge in [0.2, 0.25) is 5.91 Å². The van der Waals surface area contributed by atoms with Crippen molar-refractivity contribution in [2.24, 2.45) is 0 Å². The normalized spacial score (nSPS) is 11.4. The van der Waals surface area contributed by atoms with E-state index in [0.717, 1.165) is 0 Å². The van der Waals surface area contributed by atoms with Gasteiger partial charge >= 0.3 is 0 Å². The molecule has 3 rings (SSSR count). The van der Waals surface area contributed by atoms with Crippen LogP contribution in [0.1, 0.15) is 5.56 Å². The van der Waals surface area contributed by atoms with E-state index >= 15 is 0 Å². The molecule has 5 nitrogen and oxygen atoms in total. The number of nitrogens with one attached hydrogen (secondary N) is 2. The predicted molar refractivity (Wildman–Crippen MR) is 118 cm³/mol. The molecule has 3 aromatic rings. The maximum Gasteiger partial charge on any atom is 0.261 e. The first kappa shape index (κ1) is 21.8. The Morgan fingerprint density at radius 1 is 0.933 bits per heavy atom. The predicted octanol–water partition coefficient (Wildman–Crippen LogP) is 5.59. The number of carbonyl (C=O) groups excluding carboxylic acids is 1. The van der Waals surface area contributed by atoms with Gasteiger partial charge in [0.1, 0.15) is 5.82 Å². The number of rotatable bonds is 6. The SMILES string of the molecule is O=C(/C=C/c1ccc(F)cc1)Nc1ccc(S(=O)(=O)Nc2ccc(Cl)cc2Cl)cc1. The number of carbonyl (C=O) groups is 1. The summed E-state index contributed by atoms with van der Waals surface area (Å²) in [5, 5.41) is 3.17. The van der Waals surface area contributed by atoms with Crippen LogP contribution in [0.5, 0.6) is 0 Å². The molecule has 0 atom stereocenters. The van der Waals surface area contributed by atoms with Crippen LogP contribution in [-0.2, 0) is 14.8 Å². The van der Waals surface area contributed by atoms with Crippen LogP contribution in [0.3, 0.4) is 0 Å². The second-order valence-corrected chi connectivity index (χ2v) is 8.65. The van der Waals surface area contributed by atoms with Crippen molar-refractivity contribution in [3.05, 3.63) is 94.2 Å². The molecule has 154 valence electrons. The number of halogens is 3. The summed E-state index contributed by atoms with van der Waals surface area (Å²) in [4.78, 5) is 12.0. The summed E-state index contributed by atoms with van der Waals surface area (Å²) >= 11 is 11.8. The molecule has 0 saturated carbocycles. The molecule has 0 aliphatic heterocycles. The van der Waals surface area contributed by atoms with Crippen molar-refractivity contribution < 1.29 is 17.6 Å². The molecule has 0 fully saturated rings. The van der Waals surface area contributed by atoms with Gasteiger partial charge in [-0.3, -0.25) is 9.52 Å². The standard InChI is InChI=1S/C21H15Cl2FN2O3S/c22-15-4-11-20(19(23)13-15)26-30(28,29)18-9-7-17(8-10-18)25-21(27)12-3-14-1-5-16(24)6-2-14/h1-13,26H,(H,25,27)/b12-3+. The summed E-state index contributed by atoms with van der Waals surface area (Å²) < 4.78 is 40.3. The summed E-state index contributed by atoms with van der Waals surface area (Å²) in [5.74, 6) is -0.777. The average molecular weight is 465 g/mol. The fourth-order valence-corrected chi connectivity index (χ4v) is 4.01. The molecule has 0 aromatic heterocycles. The summed E-state index contributed by atoms with van der Waals surface area (Å²) in [6, 6.07) is 15.7. The van der Waals surface area contributed by atoms with Crippen molar-refractivity contribution in [3.8, 4) is 0 Å². The van der Waals surface area contributed by atoms with Crippen LogP contribution < -0.4 is 10.0 Å². The van der Waals surface area contributed by atoms with Gasteiger partial charge in [-0.15, -0.1) is 0 Å². The third-order valence-electron chi connectivity index (χ3n) is 3.90. The van der Waals surface area contributed by atoms with E-state index < -0.39 is 15.9 Å². The highest BCUT2D eigenvalue weighted by Crippen LogP contribution is 2.27. The molecule has 3 aromatic carbocycles. The van der Waals surface area contributed by atoms with E-state index in [1.54, 1.807) is 12.1 Å². The molecule has 0 saturated heterocycles. The van der Waals surface area contributed by atoms with Gasteiger partial charge in [-0.05, 0) is 66.2 Å². The minimum atomic E-state index is -3.88. The molecule has 0 spiro atoms. The summed E-state index contributed by atoms with van der Waals surface area (Å²) in [7, 11) is -3.88. The Bertz CT molecular complexity index is 1200. The minimum Gasteiger partial charge on any atom is -0.323 e. The van der Waals surface area contributed by atoms with E-state index in [4.69, 9.17) is 23.2 Å². The molecule has 0 unspecified atom stereocenters. The van der Waals surface area contributed by atoms with Gasteiger partial charge in [0.15, 0.2) is 0 Å². The lowest BCUT2D eigenvalue weighted by atomic mass is 10.2. The van der Waals surface area contributed by atoms with Crippen LogP contribution in [0.2, 0.25) is 10.0 Å². The van der Waals surface area contributed by atoms with Crippen LogP contribution in [0.25, 0.3) is 6.08 Å². The zero-order valence-corrected chi connectivity index (χ0v) is 17.6. The van der Waals surface area contributed by atoms with E-state index in [1.807, 2.05) is 0 Å².